The zero-order valence-corrected chi connectivity index (χ0v) is 23.5. The molecule has 0 aliphatic carbocycles. The Labute approximate surface area is 217 Å². The molecule has 0 spiro atoms. The molecule has 0 aliphatic heterocycles. The van der Waals surface area contributed by atoms with Gasteiger partial charge in [-0.2, -0.15) is 0 Å². The van der Waals surface area contributed by atoms with Gasteiger partial charge in [-0.25, -0.2) is 0 Å². The van der Waals surface area contributed by atoms with Crippen molar-refractivity contribution in [3.63, 3.8) is 0 Å². The van der Waals surface area contributed by atoms with Gasteiger partial charge >= 0.3 is 11.9 Å². The Morgan fingerprint density at radius 1 is 0.429 bits per heavy atom. The fourth-order valence-electron chi connectivity index (χ4n) is 4.04. The summed E-state index contributed by atoms with van der Waals surface area (Å²) in [7, 11) is 0. The molecule has 0 saturated carbocycles. The van der Waals surface area contributed by atoms with E-state index in [9.17, 15) is 9.59 Å². The summed E-state index contributed by atoms with van der Waals surface area (Å²) in [6.07, 6.45) is 29.2. The van der Waals surface area contributed by atoms with Gasteiger partial charge in [0.1, 0.15) is 0 Å². The molecule has 210 valence electrons. The van der Waals surface area contributed by atoms with Crippen LogP contribution in [0.1, 0.15) is 168 Å². The van der Waals surface area contributed by atoms with E-state index in [0.717, 1.165) is 13.2 Å². The van der Waals surface area contributed by atoms with Gasteiger partial charge in [0.05, 0.1) is 0 Å². The van der Waals surface area contributed by atoms with Crippen LogP contribution in [0.15, 0.2) is 0 Å². The van der Waals surface area contributed by atoms with E-state index < -0.39 is 11.9 Å². The van der Waals surface area contributed by atoms with Crippen LogP contribution in [0, 0.1) is 0 Å². The van der Waals surface area contributed by atoms with Gasteiger partial charge in [-0.05, 0) is 25.7 Å². The maximum atomic E-state index is 9.90. The highest BCUT2D eigenvalue weighted by Crippen LogP contribution is 2.12. The minimum Gasteiger partial charge on any atom is -0.481 e. The van der Waals surface area contributed by atoms with Crippen LogP contribution >= 0.6 is 0 Å². The number of carboxylic acids is 2. The minimum atomic E-state index is -0.870. The van der Waals surface area contributed by atoms with E-state index >= 15 is 0 Å². The maximum absolute atomic E-state index is 9.90. The van der Waals surface area contributed by atoms with Gasteiger partial charge in [0.25, 0.3) is 0 Å². The van der Waals surface area contributed by atoms with Crippen LogP contribution in [0.3, 0.4) is 0 Å². The predicted molar refractivity (Wildman–Crippen MR) is 148 cm³/mol. The number of carboxylic acid groups (broad SMARTS) is 2. The number of rotatable bonds is 27. The largest absolute Gasteiger partial charge is 0.481 e. The van der Waals surface area contributed by atoms with E-state index in [0.29, 0.717) is 12.8 Å². The Morgan fingerprint density at radius 2 is 0.686 bits per heavy atom. The van der Waals surface area contributed by atoms with E-state index in [2.05, 4.69) is 13.8 Å². The maximum Gasteiger partial charge on any atom is 0.303 e. The van der Waals surface area contributed by atoms with Gasteiger partial charge in [-0.15, -0.1) is 0 Å². The Hall–Kier alpha value is -1.10. The monoisotopic (exact) mass is 500 g/mol. The molecule has 0 fully saturated rings. The zero-order chi connectivity index (χ0) is 26.2. The molecule has 2 N–H and O–H groups in total. The fourth-order valence-corrected chi connectivity index (χ4v) is 4.04. The summed E-state index contributed by atoms with van der Waals surface area (Å²) in [5.74, 6) is -1.74. The second-order valence-electron chi connectivity index (χ2n) is 9.97. The van der Waals surface area contributed by atoms with Crippen molar-refractivity contribution in [3.8, 4) is 0 Å². The molecule has 0 heterocycles. The second kappa shape index (κ2) is 32.9. The molecule has 0 bridgehead atoms. The van der Waals surface area contributed by atoms with Crippen LogP contribution in [0.4, 0.5) is 0 Å². The molecule has 0 aromatic heterocycles. The molecule has 0 saturated heterocycles. The average Bonchev–Trinajstić information content (AvgIpc) is 2.83. The highest BCUT2D eigenvalue weighted by atomic mass is 16.5. The highest BCUT2D eigenvalue weighted by Gasteiger charge is 1.99. The lowest BCUT2D eigenvalue weighted by Gasteiger charge is -2.05. The summed E-state index contributed by atoms with van der Waals surface area (Å²) in [5.41, 5.74) is 0. The van der Waals surface area contributed by atoms with Crippen LogP contribution in [0.2, 0.25) is 0 Å². The van der Waals surface area contributed by atoms with Crippen molar-refractivity contribution in [3.05, 3.63) is 0 Å². The zero-order valence-electron chi connectivity index (χ0n) is 23.5. The van der Waals surface area contributed by atoms with E-state index in [1.807, 2.05) is 0 Å². The van der Waals surface area contributed by atoms with Crippen LogP contribution in [0.5, 0.6) is 0 Å². The van der Waals surface area contributed by atoms with Gasteiger partial charge in [-0.1, -0.05) is 129 Å². The Balaban J connectivity index is 0. The number of unbranched alkanes of at least 4 members (excludes halogenated alkanes) is 19. The molecular formula is C30H60O5. The molecule has 0 unspecified atom stereocenters. The third kappa shape index (κ3) is 40.4. The van der Waals surface area contributed by atoms with Crippen molar-refractivity contribution in [1.82, 2.24) is 0 Å². The van der Waals surface area contributed by atoms with Crippen molar-refractivity contribution in [2.75, 3.05) is 13.2 Å². The van der Waals surface area contributed by atoms with Crippen molar-refractivity contribution in [2.24, 2.45) is 0 Å². The SMILES string of the molecule is CCCCCCCCCCCCOCCCCCCCCCCCC.O=C(O)CCCCC(=O)O. The average molecular weight is 501 g/mol. The normalized spacial score (nSPS) is 10.7. The molecule has 0 aliphatic rings. The third-order valence-corrected chi connectivity index (χ3v) is 6.32. The van der Waals surface area contributed by atoms with E-state index in [4.69, 9.17) is 14.9 Å². The topological polar surface area (TPSA) is 83.8 Å². The third-order valence-electron chi connectivity index (χ3n) is 6.32. The first-order valence-electron chi connectivity index (χ1n) is 15.1. The summed E-state index contributed by atoms with van der Waals surface area (Å²) in [6.45, 7) is 6.57. The van der Waals surface area contributed by atoms with Crippen molar-refractivity contribution >= 4 is 11.9 Å². The Kier molecular flexibility index (Phi) is 33.9. The Morgan fingerprint density at radius 3 is 0.943 bits per heavy atom. The van der Waals surface area contributed by atoms with Crippen LogP contribution in [-0.4, -0.2) is 35.4 Å². The standard InChI is InChI=1S/C24H50O.C6H10O4/c1-3-5-7-9-11-13-15-17-19-21-23-25-24-22-20-18-16-14-12-10-8-6-4-2;7-5(8)3-1-2-4-6(9)10/h3-24H2,1-2H3;1-4H2,(H,7,8)(H,9,10). The predicted octanol–water partition coefficient (Wildman–Crippen LogP) is 9.56. The van der Waals surface area contributed by atoms with E-state index in [-0.39, 0.29) is 12.8 Å². The molecule has 35 heavy (non-hydrogen) atoms. The lowest BCUT2D eigenvalue weighted by atomic mass is 10.1. The molecule has 0 amide bonds. The van der Waals surface area contributed by atoms with Gasteiger partial charge in [0.2, 0.25) is 0 Å². The molecule has 0 aromatic rings. The second-order valence-corrected chi connectivity index (χ2v) is 9.97. The van der Waals surface area contributed by atoms with Crippen LogP contribution in [-0.2, 0) is 14.3 Å². The van der Waals surface area contributed by atoms with Gasteiger partial charge in [-0.3, -0.25) is 9.59 Å². The van der Waals surface area contributed by atoms with Crippen LogP contribution in [0.25, 0.3) is 0 Å². The number of hydrogen-bond acceptors (Lipinski definition) is 3. The van der Waals surface area contributed by atoms with Gasteiger partial charge in [0, 0.05) is 26.1 Å². The quantitative estimate of drug-likeness (QED) is 0.110. The van der Waals surface area contributed by atoms with E-state index in [1.54, 1.807) is 0 Å². The van der Waals surface area contributed by atoms with Crippen molar-refractivity contribution in [2.45, 2.75) is 168 Å². The summed E-state index contributed by atoms with van der Waals surface area (Å²) in [4.78, 5) is 19.8. The lowest BCUT2D eigenvalue weighted by Crippen LogP contribution is -1.97. The molecule has 5 heteroatoms. The summed E-state index contributed by atoms with van der Waals surface area (Å²) in [5, 5.41) is 16.3. The Bertz CT molecular complexity index is 387. The van der Waals surface area contributed by atoms with Crippen LogP contribution < -0.4 is 0 Å². The summed E-state index contributed by atoms with van der Waals surface area (Å²) < 4.78 is 5.78. The molecule has 0 radical (unpaired) electrons. The van der Waals surface area contributed by atoms with Crippen molar-refractivity contribution in [1.29, 1.82) is 0 Å². The van der Waals surface area contributed by atoms with Gasteiger partial charge in [0.15, 0.2) is 0 Å². The number of hydrogen-bond donors (Lipinski definition) is 2. The van der Waals surface area contributed by atoms with E-state index in [1.165, 1.54) is 128 Å². The smallest absolute Gasteiger partial charge is 0.303 e. The van der Waals surface area contributed by atoms with Gasteiger partial charge < -0.3 is 14.9 Å². The minimum absolute atomic E-state index is 0.0628. The first-order valence-corrected chi connectivity index (χ1v) is 15.1. The first-order chi connectivity index (χ1) is 17.0. The lowest BCUT2D eigenvalue weighted by molar-refractivity contribution is -0.139. The summed E-state index contributed by atoms with van der Waals surface area (Å²) >= 11 is 0. The number of aliphatic carboxylic acids is 2. The molecular weight excluding hydrogens is 440 g/mol. The number of carbonyl (C=O) groups is 2. The fraction of sp³-hybridized carbons (Fsp3) is 0.933. The molecule has 0 rings (SSSR count). The highest BCUT2D eigenvalue weighted by molar-refractivity contribution is 5.67. The van der Waals surface area contributed by atoms with Crippen molar-refractivity contribution < 1.29 is 24.5 Å². The number of ether oxygens (including phenoxy) is 1. The first kappa shape index (κ1) is 36.1. The molecule has 0 aromatic carbocycles. The molecule has 0 atom stereocenters. The summed E-state index contributed by atoms with van der Waals surface area (Å²) in [6, 6.07) is 0. The molecule has 5 nitrogen and oxygen atoms in total.